The Morgan fingerprint density at radius 1 is 1.43 bits per heavy atom. The van der Waals surface area contributed by atoms with Gasteiger partial charge >= 0.3 is 0 Å². The third-order valence-electron chi connectivity index (χ3n) is 0.687. The Bertz CT molecular complexity index is 35.1. The van der Waals surface area contributed by atoms with Crippen LogP contribution in [-0.2, 0) is 0 Å². The van der Waals surface area contributed by atoms with Crippen LogP contribution < -0.4 is 10.9 Å². The molecule has 44 valence electrons. The molecule has 2 N–H and O–H groups in total. The van der Waals surface area contributed by atoms with Gasteiger partial charge in [0.05, 0.1) is 0 Å². The maximum atomic E-state index is 3.00. The van der Waals surface area contributed by atoms with Crippen molar-refractivity contribution in [2.24, 2.45) is 5.92 Å². The Hall–Kier alpha value is -0.0800. The number of hydrogen-bond acceptors (Lipinski definition) is 2. The van der Waals surface area contributed by atoms with E-state index in [1.54, 1.807) is 0 Å². The van der Waals surface area contributed by atoms with E-state index < -0.39 is 0 Å². The van der Waals surface area contributed by atoms with E-state index in [0.717, 1.165) is 12.5 Å². The average molecular weight is 102 g/mol. The molecule has 2 nitrogen and oxygen atoms in total. The highest BCUT2D eigenvalue weighted by Crippen LogP contribution is 1.83. The lowest BCUT2D eigenvalue weighted by atomic mass is 10.2. The third kappa shape index (κ3) is 5.92. The van der Waals surface area contributed by atoms with Crippen molar-refractivity contribution in [2.45, 2.75) is 13.8 Å². The summed E-state index contributed by atoms with van der Waals surface area (Å²) in [5.74, 6) is 0.729. The maximum absolute atomic E-state index is 3.00. The van der Waals surface area contributed by atoms with Crippen LogP contribution in [0.4, 0.5) is 0 Å². The van der Waals surface area contributed by atoms with E-state index in [1.807, 2.05) is 7.05 Å². The van der Waals surface area contributed by atoms with Crippen LogP contribution in [0.1, 0.15) is 13.8 Å². The van der Waals surface area contributed by atoms with Gasteiger partial charge < -0.3 is 0 Å². The Kier molecular flexibility index (Phi) is 4.04. The first-order valence-electron chi connectivity index (χ1n) is 2.67. The summed E-state index contributed by atoms with van der Waals surface area (Å²) in [4.78, 5) is 0. The molecule has 0 spiro atoms. The van der Waals surface area contributed by atoms with Gasteiger partial charge in [-0.3, -0.25) is 10.9 Å². The van der Waals surface area contributed by atoms with E-state index in [0.29, 0.717) is 0 Å². The first kappa shape index (κ1) is 6.92. The molecule has 0 aromatic heterocycles. The second-order valence-corrected chi connectivity index (χ2v) is 2.02. The Labute approximate surface area is 45.3 Å². The number of hydrogen-bond donors (Lipinski definition) is 2. The summed E-state index contributed by atoms with van der Waals surface area (Å²) >= 11 is 0. The first-order valence-corrected chi connectivity index (χ1v) is 2.67. The fraction of sp³-hybridized carbons (Fsp3) is 1.00. The molecule has 0 saturated carbocycles. The van der Waals surface area contributed by atoms with Crippen LogP contribution in [0.5, 0.6) is 0 Å². The lowest BCUT2D eigenvalue weighted by Gasteiger charge is -2.03. The highest BCUT2D eigenvalue weighted by Gasteiger charge is 1.86. The molecule has 0 fully saturated rings. The van der Waals surface area contributed by atoms with E-state index in [1.165, 1.54) is 0 Å². The monoisotopic (exact) mass is 102 g/mol. The van der Waals surface area contributed by atoms with Gasteiger partial charge in [0.15, 0.2) is 0 Å². The highest BCUT2D eigenvalue weighted by molar-refractivity contribution is 4.42. The van der Waals surface area contributed by atoms with Crippen LogP contribution >= 0.6 is 0 Å². The standard InChI is InChI=1S/C5H14N2/c1-5(2)4-7-6-3/h5-7H,4H2,1-3H3. The van der Waals surface area contributed by atoms with Crippen LogP contribution in [0, 0.1) is 5.92 Å². The van der Waals surface area contributed by atoms with Gasteiger partial charge in [-0.15, -0.1) is 0 Å². The Morgan fingerprint density at radius 2 is 2.00 bits per heavy atom. The summed E-state index contributed by atoms with van der Waals surface area (Å²) in [6.07, 6.45) is 0. The summed E-state index contributed by atoms with van der Waals surface area (Å²) in [6.45, 7) is 5.38. The Balaban J connectivity index is 2.68. The van der Waals surface area contributed by atoms with E-state index in [2.05, 4.69) is 24.7 Å². The molecular formula is C5H14N2. The molecule has 0 atom stereocenters. The fourth-order valence-electron chi connectivity index (χ4n) is 0.306. The molecule has 0 bridgehead atoms. The normalized spacial score (nSPS) is 10.3. The SMILES string of the molecule is CNNCC(C)C. The van der Waals surface area contributed by atoms with Gasteiger partial charge in [0.1, 0.15) is 0 Å². The van der Waals surface area contributed by atoms with Crippen molar-refractivity contribution >= 4 is 0 Å². The number of rotatable bonds is 3. The summed E-state index contributed by atoms with van der Waals surface area (Å²) in [7, 11) is 1.88. The van der Waals surface area contributed by atoms with Gasteiger partial charge in [-0.05, 0) is 13.0 Å². The molecule has 7 heavy (non-hydrogen) atoms. The molecule has 0 unspecified atom stereocenters. The van der Waals surface area contributed by atoms with Gasteiger partial charge in [0.25, 0.3) is 0 Å². The fourth-order valence-corrected chi connectivity index (χ4v) is 0.306. The van der Waals surface area contributed by atoms with Crippen molar-refractivity contribution in [3.05, 3.63) is 0 Å². The van der Waals surface area contributed by atoms with E-state index in [-0.39, 0.29) is 0 Å². The largest absolute Gasteiger partial charge is 0.261 e. The molecule has 0 saturated heterocycles. The molecule has 0 amide bonds. The predicted molar refractivity (Wildman–Crippen MR) is 31.9 cm³/mol. The van der Waals surface area contributed by atoms with Gasteiger partial charge in [-0.25, -0.2) is 0 Å². The molecule has 0 aromatic carbocycles. The molecule has 0 rings (SSSR count). The van der Waals surface area contributed by atoms with E-state index >= 15 is 0 Å². The van der Waals surface area contributed by atoms with Crippen LogP contribution in [-0.4, -0.2) is 13.6 Å². The zero-order valence-corrected chi connectivity index (χ0v) is 5.28. The minimum absolute atomic E-state index is 0.729. The van der Waals surface area contributed by atoms with Gasteiger partial charge in [0.2, 0.25) is 0 Å². The van der Waals surface area contributed by atoms with Crippen LogP contribution in [0.2, 0.25) is 0 Å². The number of nitrogens with one attached hydrogen (secondary N) is 2. The first-order chi connectivity index (χ1) is 3.27. The second kappa shape index (κ2) is 4.09. The summed E-state index contributed by atoms with van der Waals surface area (Å²) in [5, 5.41) is 0. The Morgan fingerprint density at radius 3 is 2.14 bits per heavy atom. The third-order valence-corrected chi connectivity index (χ3v) is 0.687. The second-order valence-electron chi connectivity index (χ2n) is 2.02. The van der Waals surface area contributed by atoms with Gasteiger partial charge in [0, 0.05) is 6.54 Å². The molecule has 0 heterocycles. The zero-order chi connectivity index (χ0) is 5.70. The average Bonchev–Trinajstić information content (AvgIpc) is 1.61. The molecule has 0 aliphatic heterocycles. The minimum Gasteiger partial charge on any atom is -0.261 e. The summed E-state index contributed by atoms with van der Waals surface area (Å²) in [5.41, 5.74) is 5.85. The maximum Gasteiger partial charge on any atom is 0.0123 e. The molecule has 2 heteroatoms. The highest BCUT2D eigenvalue weighted by atomic mass is 15.3. The molecular weight excluding hydrogens is 88.1 g/mol. The van der Waals surface area contributed by atoms with E-state index in [9.17, 15) is 0 Å². The van der Waals surface area contributed by atoms with Gasteiger partial charge in [-0.1, -0.05) is 13.8 Å². The minimum atomic E-state index is 0.729. The smallest absolute Gasteiger partial charge is 0.0123 e. The predicted octanol–water partition coefficient (Wildman–Crippen LogP) is 0.366. The van der Waals surface area contributed by atoms with Crippen molar-refractivity contribution in [1.29, 1.82) is 0 Å². The van der Waals surface area contributed by atoms with Crippen molar-refractivity contribution < 1.29 is 0 Å². The topological polar surface area (TPSA) is 24.1 Å². The summed E-state index contributed by atoms with van der Waals surface area (Å²) in [6, 6.07) is 0. The summed E-state index contributed by atoms with van der Waals surface area (Å²) < 4.78 is 0. The van der Waals surface area contributed by atoms with Crippen LogP contribution in [0.15, 0.2) is 0 Å². The van der Waals surface area contributed by atoms with Crippen LogP contribution in [0.25, 0.3) is 0 Å². The molecule has 0 aliphatic carbocycles. The molecule has 0 aromatic rings. The molecule has 0 aliphatic rings. The zero-order valence-electron chi connectivity index (χ0n) is 5.28. The van der Waals surface area contributed by atoms with Crippen molar-refractivity contribution in [3.63, 3.8) is 0 Å². The van der Waals surface area contributed by atoms with Gasteiger partial charge in [-0.2, -0.15) is 0 Å². The van der Waals surface area contributed by atoms with Crippen LogP contribution in [0.3, 0.4) is 0 Å². The number of hydrazine groups is 1. The van der Waals surface area contributed by atoms with Crippen molar-refractivity contribution in [3.8, 4) is 0 Å². The molecule has 0 radical (unpaired) electrons. The lowest BCUT2D eigenvalue weighted by Crippen LogP contribution is -2.30. The van der Waals surface area contributed by atoms with Crippen molar-refractivity contribution in [2.75, 3.05) is 13.6 Å². The van der Waals surface area contributed by atoms with Crippen molar-refractivity contribution in [1.82, 2.24) is 10.9 Å². The van der Waals surface area contributed by atoms with E-state index in [4.69, 9.17) is 0 Å². The quantitative estimate of drug-likeness (QED) is 0.503. The lowest BCUT2D eigenvalue weighted by molar-refractivity contribution is 0.505.